The van der Waals surface area contributed by atoms with Crippen LogP contribution in [0.5, 0.6) is 0 Å². The molecule has 0 radical (unpaired) electrons. The number of hydrogen-bond donors (Lipinski definition) is 0. The molecule has 2 aliphatic rings. The minimum Gasteiger partial charge on any atom is -0.309 e. The van der Waals surface area contributed by atoms with E-state index in [0.29, 0.717) is 0 Å². The minimum absolute atomic E-state index is 0.259. The van der Waals surface area contributed by atoms with Gasteiger partial charge in [-0.05, 0) is 95.1 Å². The van der Waals surface area contributed by atoms with Crippen LogP contribution in [0.15, 0.2) is 255 Å². The van der Waals surface area contributed by atoms with Crippen molar-refractivity contribution in [1.29, 1.82) is 0 Å². The number of fused-ring (bicyclic) bond motifs is 10. The Bertz CT molecular complexity index is 4010. The third kappa shape index (κ3) is 6.25. The summed E-state index contributed by atoms with van der Waals surface area (Å²) in [4.78, 5) is 5.15. The third-order valence-corrected chi connectivity index (χ3v) is 16.9. The SMILES string of the molecule is CC1(C)c2ccccc2N(c2cc(-c3ccccc3-n3c4ccccc4c4ccccc43)c(N3c4ccccc4C(C)(C)c4ccccc43)cc2-c2ccccc2-n2c3ccccc3c3ccccc32)c2ccccc21. The van der Waals surface area contributed by atoms with Gasteiger partial charge in [0.15, 0.2) is 0 Å². The summed E-state index contributed by atoms with van der Waals surface area (Å²) in [5.74, 6) is 0. The van der Waals surface area contributed by atoms with Crippen molar-refractivity contribution in [2.75, 3.05) is 9.80 Å². The Morgan fingerprint density at radius 2 is 0.461 bits per heavy atom. The molecule has 0 amide bonds. The second-order valence-electron chi connectivity index (χ2n) is 21.6. The van der Waals surface area contributed by atoms with Crippen LogP contribution in [0.2, 0.25) is 0 Å². The number of nitrogens with zero attached hydrogens (tertiary/aromatic N) is 4. The number of hydrogen-bond acceptors (Lipinski definition) is 2. The van der Waals surface area contributed by atoms with Crippen molar-refractivity contribution in [2.45, 2.75) is 38.5 Å². The van der Waals surface area contributed by atoms with E-state index in [1.807, 2.05) is 0 Å². The van der Waals surface area contributed by atoms with Crippen LogP contribution in [0.25, 0.3) is 77.2 Å². The van der Waals surface area contributed by atoms with E-state index < -0.39 is 0 Å². The molecule has 0 unspecified atom stereocenters. The maximum absolute atomic E-state index is 2.57. The van der Waals surface area contributed by atoms with Crippen LogP contribution >= 0.6 is 0 Å². The minimum atomic E-state index is -0.259. The molecule has 4 heterocycles. The van der Waals surface area contributed by atoms with E-state index in [-0.39, 0.29) is 10.8 Å². The summed E-state index contributed by atoms with van der Waals surface area (Å²) in [6.45, 7) is 9.51. The molecule has 2 aromatic heterocycles. The molecule has 4 nitrogen and oxygen atoms in total. The first-order chi connectivity index (χ1) is 37.3. The number of rotatable bonds is 6. The van der Waals surface area contributed by atoms with Gasteiger partial charge in [-0.2, -0.15) is 0 Å². The highest BCUT2D eigenvalue weighted by Gasteiger charge is 2.41. The molecule has 0 fully saturated rings. The zero-order valence-corrected chi connectivity index (χ0v) is 43.0. The molecule has 4 heteroatoms. The summed E-state index contributed by atoms with van der Waals surface area (Å²) in [7, 11) is 0. The standard InChI is InChI=1S/C72H54N4/c1-71(2)55-31-11-21-41-65(55)75(66-42-22-12-32-56(66)71)69-45-54(52-30-10-20-40-64(52)74-61-37-17-7-27-49(61)50-28-8-18-38-62(50)74)70(76-67-43-23-13-33-57(67)72(3,4)58-34-14-24-44-68(58)76)46-53(69)51-29-9-19-39-63(51)73-59-35-15-5-25-47(59)48-26-6-16-36-60(48)73/h5-46H,1-4H3. The summed E-state index contributed by atoms with van der Waals surface area (Å²) >= 11 is 0. The molecule has 0 saturated heterocycles. The highest BCUT2D eigenvalue weighted by Crippen LogP contribution is 2.59. The maximum atomic E-state index is 2.57. The normalized spacial score (nSPS) is 14.2. The molecule has 76 heavy (non-hydrogen) atoms. The molecule has 13 aromatic rings. The van der Waals surface area contributed by atoms with E-state index in [9.17, 15) is 0 Å². The van der Waals surface area contributed by atoms with Gasteiger partial charge in [0.1, 0.15) is 0 Å². The Labute approximate surface area is 443 Å². The van der Waals surface area contributed by atoms with E-state index in [0.717, 1.165) is 45.0 Å². The third-order valence-electron chi connectivity index (χ3n) is 16.9. The van der Waals surface area contributed by atoms with Gasteiger partial charge in [-0.15, -0.1) is 0 Å². The van der Waals surface area contributed by atoms with Crippen LogP contribution in [0.4, 0.5) is 34.1 Å². The van der Waals surface area contributed by atoms with E-state index in [2.05, 4.69) is 301 Å². The van der Waals surface area contributed by atoms with Crippen LogP contribution in [-0.2, 0) is 10.8 Å². The molecule has 2 aliphatic heterocycles. The molecular weight excluding hydrogens is 921 g/mol. The fourth-order valence-corrected chi connectivity index (χ4v) is 13.4. The summed E-state index contributed by atoms with van der Waals surface area (Å²) in [6.07, 6.45) is 0. The highest BCUT2D eigenvalue weighted by atomic mass is 15.2. The van der Waals surface area contributed by atoms with Gasteiger partial charge in [0.25, 0.3) is 0 Å². The van der Waals surface area contributed by atoms with E-state index in [1.54, 1.807) is 0 Å². The summed E-state index contributed by atoms with van der Waals surface area (Å²) < 4.78 is 4.98. The van der Waals surface area contributed by atoms with Crippen molar-refractivity contribution in [3.05, 3.63) is 277 Å². The Kier molecular flexibility index (Phi) is 9.62. The highest BCUT2D eigenvalue weighted by molar-refractivity contribution is 6.12. The zero-order valence-electron chi connectivity index (χ0n) is 43.0. The first-order valence-electron chi connectivity index (χ1n) is 26.6. The predicted molar refractivity (Wildman–Crippen MR) is 320 cm³/mol. The molecule has 0 spiro atoms. The van der Waals surface area contributed by atoms with Crippen molar-refractivity contribution in [3.8, 4) is 33.6 Å². The molecule has 11 aromatic carbocycles. The van der Waals surface area contributed by atoms with E-state index >= 15 is 0 Å². The second kappa shape index (κ2) is 16.6. The summed E-state index contributed by atoms with van der Waals surface area (Å²) in [5, 5.41) is 4.93. The number of para-hydroxylation sites is 10. The van der Waals surface area contributed by atoms with E-state index in [4.69, 9.17) is 0 Å². The van der Waals surface area contributed by atoms with Gasteiger partial charge in [0.2, 0.25) is 0 Å². The van der Waals surface area contributed by atoms with Crippen molar-refractivity contribution in [3.63, 3.8) is 0 Å². The average Bonchev–Trinajstić information content (AvgIpc) is 4.09. The number of anilines is 6. The lowest BCUT2D eigenvalue weighted by atomic mass is 9.73. The lowest BCUT2D eigenvalue weighted by Crippen LogP contribution is -2.31. The monoisotopic (exact) mass is 974 g/mol. The Morgan fingerprint density at radius 1 is 0.224 bits per heavy atom. The Hall–Kier alpha value is -9.38. The van der Waals surface area contributed by atoms with Crippen molar-refractivity contribution in [2.24, 2.45) is 0 Å². The van der Waals surface area contributed by atoms with Gasteiger partial charge in [0.05, 0.1) is 67.6 Å². The first kappa shape index (κ1) is 44.1. The second-order valence-corrected chi connectivity index (χ2v) is 21.6. The molecular formula is C72H54N4. The van der Waals surface area contributed by atoms with Crippen molar-refractivity contribution < 1.29 is 0 Å². The van der Waals surface area contributed by atoms with Gasteiger partial charge in [-0.25, -0.2) is 0 Å². The van der Waals surface area contributed by atoms with E-state index in [1.165, 1.54) is 88.6 Å². The molecule has 0 saturated carbocycles. The maximum Gasteiger partial charge on any atom is 0.0548 e. The molecule has 15 rings (SSSR count). The van der Waals surface area contributed by atoms with Crippen molar-refractivity contribution in [1.82, 2.24) is 9.13 Å². The van der Waals surface area contributed by atoms with Gasteiger partial charge in [0, 0.05) is 54.6 Å². The van der Waals surface area contributed by atoms with Gasteiger partial charge in [-0.3, -0.25) is 0 Å². The fourth-order valence-electron chi connectivity index (χ4n) is 13.4. The lowest BCUT2D eigenvalue weighted by molar-refractivity contribution is 0.631. The zero-order chi connectivity index (χ0) is 50.9. The lowest BCUT2D eigenvalue weighted by Gasteiger charge is -2.44. The number of benzene rings is 11. The van der Waals surface area contributed by atoms with Crippen molar-refractivity contribution >= 4 is 77.7 Å². The Balaban J connectivity index is 1.13. The molecule has 0 aliphatic carbocycles. The van der Waals surface area contributed by atoms with Crippen LogP contribution in [-0.4, -0.2) is 9.13 Å². The summed E-state index contributed by atoms with van der Waals surface area (Å²) in [6, 6.07) is 95.0. The summed E-state index contributed by atoms with van der Waals surface area (Å²) in [5.41, 5.74) is 22.9. The fraction of sp³-hybridized carbons (Fsp3) is 0.0833. The quantitative estimate of drug-likeness (QED) is 0.165. The predicted octanol–water partition coefficient (Wildman–Crippen LogP) is 19.4. The smallest absolute Gasteiger partial charge is 0.0548 e. The molecule has 0 atom stereocenters. The first-order valence-corrected chi connectivity index (χ1v) is 26.6. The number of aromatic nitrogens is 2. The molecule has 362 valence electrons. The molecule has 0 N–H and O–H groups in total. The van der Waals surface area contributed by atoms with Gasteiger partial charge in [-0.1, -0.05) is 210 Å². The topological polar surface area (TPSA) is 16.3 Å². The van der Waals surface area contributed by atoms with Crippen LogP contribution in [0, 0.1) is 0 Å². The van der Waals surface area contributed by atoms with Gasteiger partial charge >= 0.3 is 0 Å². The Morgan fingerprint density at radius 3 is 0.763 bits per heavy atom. The molecule has 0 bridgehead atoms. The van der Waals surface area contributed by atoms with Gasteiger partial charge < -0.3 is 18.9 Å². The van der Waals surface area contributed by atoms with Crippen LogP contribution in [0.3, 0.4) is 0 Å². The van der Waals surface area contributed by atoms with Crippen LogP contribution < -0.4 is 9.80 Å². The largest absolute Gasteiger partial charge is 0.309 e. The average molecular weight is 975 g/mol. The van der Waals surface area contributed by atoms with Crippen LogP contribution in [0.1, 0.15) is 49.9 Å².